The molecule has 0 saturated heterocycles. The molecule has 0 N–H and O–H groups in total. The fraction of sp³-hybridized carbons (Fsp3) is 0.0323. The van der Waals surface area contributed by atoms with Crippen molar-refractivity contribution >= 4 is 27.3 Å². The zero-order valence-corrected chi connectivity index (χ0v) is 19.6. The van der Waals surface area contributed by atoms with Gasteiger partial charge in [-0.1, -0.05) is 91.0 Å². The summed E-state index contributed by atoms with van der Waals surface area (Å²) in [5.41, 5.74) is 5.46. The summed E-state index contributed by atoms with van der Waals surface area (Å²) in [6.07, 6.45) is 1.67. The van der Waals surface area contributed by atoms with Crippen molar-refractivity contribution in [3.05, 3.63) is 126 Å². The van der Waals surface area contributed by atoms with Crippen LogP contribution in [-0.2, 0) is 0 Å². The maximum absolute atomic E-state index is 6.52. The molecule has 0 unspecified atom stereocenters. The van der Waals surface area contributed by atoms with Crippen LogP contribution in [0.5, 0.6) is 11.6 Å². The lowest BCUT2D eigenvalue weighted by molar-refractivity contribution is 0.437. The molecule has 37 heavy (non-hydrogen) atoms. The SMILES string of the molecule is c1ccc([C@H]2c3ccc4ccccc4c3Oc3ncn4nc(-c5ccc6ccccc6n5)nc4c32)cc1. The minimum atomic E-state index is -0.109. The van der Waals surface area contributed by atoms with E-state index in [1.807, 2.05) is 54.6 Å². The lowest BCUT2D eigenvalue weighted by Crippen LogP contribution is -2.15. The van der Waals surface area contributed by atoms with E-state index in [0.717, 1.165) is 49.8 Å². The molecular formula is C31H19N5O. The van der Waals surface area contributed by atoms with Gasteiger partial charge in [0.05, 0.1) is 11.1 Å². The van der Waals surface area contributed by atoms with Crippen LogP contribution in [0.1, 0.15) is 22.6 Å². The van der Waals surface area contributed by atoms with Crippen molar-refractivity contribution in [3.63, 3.8) is 0 Å². The topological polar surface area (TPSA) is 65.2 Å². The number of hydrogen-bond donors (Lipinski definition) is 0. The second-order valence-corrected chi connectivity index (χ2v) is 9.21. The minimum absolute atomic E-state index is 0.109. The van der Waals surface area contributed by atoms with E-state index < -0.39 is 0 Å². The van der Waals surface area contributed by atoms with Crippen LogP contribution in [0.25, 0.3) is 38.8 Å². The first-order valence-electron chi connectivity index (χ1n) is 12.2. The van der Waals surface area contributed by atoms with E-state index in [2.05, 4.69) is 48.5 Å². The van der Waals surface area contributed by atoms with Crippen LogP contribution in [0.3, 0.4) is 0 Å². The highest BCUT2D eigenvalue weighted by atomic mass is 16.5. The highest BCUT2D eigenvalue weighted by molar-refractivity contribution is 5.91. The molecular weight excluding hydrogens is 458 g/mol. The molecule has 3 aromatic heterocycles. The highest BCUT2D eigenvalue weighted by Crippen LogP contribution is 2.50. The Bertz CT molecular complexity index is 1980. The van der Waals surface area contributed by atoms with E-state index in [9.17, 15) is 0 Å². The van der Waals surface area contributed by atoms with Crippen molar-refractivity contribution in [1.29, 1.82) is 0 Å². The fourth-order valence-corrected chi connectivity index (χ4v) is 5.34. The van der Waals surface area contributed by atoms with Crippen molar-refractivity contribution in [2.75, 3.05) is 0 Å². The third-order valence-corrected chi connectivity index (χ3v) is 7.06. The molecule has 4 heterocycles. The largest absolute Gasteiger partial charge is 0.438 e. The molecule has 0 spiro atoms. The molecule has 1 aliphatic heterocycles. The van der Waals surface area contributed by atoms with Crippen LogP contribution in [-0.4, -0.2) is 24.6 Å². The Balaban J connectivity index is 1.38. The summed E-state index contributed by atoms with van der Waals surface area (Å²) in [4.78, 5) is 14.5. The summed E-state index contributed by atoms with van der Waals surface area (Å²) in [5.74, 6) is 1.84. The Morgan fingerprint density at radius 1 is 0.703 bits per heavy atom. The summed E-state index contributed by atoms with van der Waals surface area (Å²) in [6, 6.07) is 35.1. The Labute approximate surface area is 211 Å². The second-order valence-electron chi connectivity index (χ2n) is 9.21. The first-order chi connectivity index (χ1) is 18.3. The van der Waals surface area contributed by atoms with Crippen LogP contribution in [0.15, 0.2) is 109 Å². The number of benzene rings is 4. The molecule has 1 aliphatic rings. The van der Waals surface area contributed by atoms with Crippen molar-refractivity contribution in [2.45, 2.75) is 5.92 Å². The Morgan fingerprint density at radius 3 is 2.41 bits per heavy atom. The summed E-state index contributed by atoms with van der Waals surface area (Å²) in [6.45, 7) is 0. The van der Waals surface area contributed by atoms with Gasteiger partial charge in [0, 0.05) is 22.3 Å². The molecule has 174 valence electrons. The third kappa shape index (κ3) is 3.06. The van der Waals surface area contributed by atoms with Crippen molar-refractivity contribution < 1.29 is 4.74 Å². The van der Waals surface area contributed by atoms with E-state index in [1.165, 1.54) is 0 Å². The number of pyridine rings is 1. The number of ether oxygens (including phenoxy) is 1. The fourth-order valence-electron chi connectivity index (χ4n) is 5.34. The number of hydrogen-bond acceptors (Lipinski definition) is 5. The first-order valence-corrected chi connectivity index (χ1v) is 12.2. The summed E-state index contributed by atoms with van der Waals surface area (Å²) in [7, 11) is 0. The Morgan fingerprint density at radius 2 is 1.49 bits per heavy atom. The zero-order chi connectivity index (χ0) is 24.3. The smallest absolute Gasteiger partial charge is 0.228 e. The lowest BCUT2D eigenvalue weighted by Gasteiger charge is -2.28. The van der Waals surface area contributed by atoms with Gasteiger partial charge in [0.1, 0.15) is 17.8 Å². The third-order valence-electron chi connectivity index (χ3n) is 7.06. The monoisotopic (exact) mass is 477 g/mol. The summed E-state index contributed by atoms with van der Waals surface area (Å²) in [5, 5.41) is 8.03. The Kier molecular flexibility index (Phi) is 4.19. The van der Waals surface area contributed by atoms with Gasteiger partial charge in [-0.25, -0.2) is 19.5 Å². The molecule has 6 nitrogen and oxygen atoms in total. The maximum atomic E-state index is 6.52. The normalized spacial score (nSPS) is 14.4. The predicted molar refractivity (Wildman–Crippen MR) is 143 cm³/mol. The number of aromatic nitrogens is 5. The van der Waals surface area contributed by atoms with Crippen molar-refractivity contribution in [3.8, 4) is 23.1 Å². The number of fused-ring (bicyclic) bond motifs is 7. The average Bonchev–Trinajstić information content (AvgIpc) is 3.41. The van der Waals surface area contributed by atoms with Gasteiger partial charge in [-0.2, -0.15) is 0 Å². The van der Waals surface area contributed by atoms with Gasteiger partial charge >= 0.3 is 0 Å². The Hall–Kier alpha value is -5.10. The van der Waals surface area contributed by atoms with Crippen LogP contribution in [0.4, 0.5) is 0 Å². The van der Waals surface area contributed by atoms with E-state index in [-0.39, 0.29) is 5.92 Å². The highest BCUT2D eigenvalue weighted by Gasteiger charge is 2.34. The number of para-hydroxylation sites is 1. The quantitative estimate of drug-likeness (QED) is 0.275. The molecule has 0 saturated carbocycles. The first kappa shape index (κ1) is 20.1. The molecule has 1 atom stereocenters. The van der Waals surface area contributed by atoms with Crippen LogP contribution < -0.4 is 4.74 Å². The van der Waals surface area contributed by atoms with Crippen molar-refractivity contribution in [2.24, 2.45) is 0 Å². The van der Waals surface area contributed by atoms with E-state index in [4.69, 9.17) is 24.8 Å². The van der Waals surface area contributed by atoms with Gasteiger partial charge in [-0.05, 0) is 23.1 Å². The molecule has 0 fully saturated rings. The number of nitrogens with zero attached hydrogens (tertiary/aromatic N) is 5. The molecule has 0 amide bonds. The standard InChI is InChI=1S/C31H19N5O/c1-2-10-21(11-3-1)26-23-16-14-19-8-4-6-12-22(19)28(23)37-31-27(26)30-34-29(35-36(30)18-32-31)25-17-15-20-9-5-7-13-24(20)33-25/h1-18,26H/t26-/m0/s1. The van der Waals surface area contributed by atoms with Gasteiger partial charge in [-0.3, -0.25) is 0 Å². The van der Waals surface area contributed by atoms with E-state index in [1.54, 1.807) is 10.8 Å². The van der Waals surface area contributed by atoms with E-state index >= 15 is 0 Å². The van der Waals surface area contributed by atoms with Crippen LogP contribution in [0, 0.1) is 0 Å². The molecule has 7 aromatic rings. The predicted octanol–water partition coefficient (Wildman–Crippen LogP) is 6.78. The van der Waals surface area contributed by atoms with E-state index in [0.29, 0.717) is 17.4 Å². The van der Waals surface area contributed by atoms with Gasteiger partial charge in [-0.15, -0.1) is 5.10 Å². The van der Waals surface area contributed by atoms with Crippen LogP contribution >= 0.6 is 0 Å². The van der Waals surface area contributed by atoms with Gasteiger partial charge in [0.2, 0.25) is 11.7 Å². The summed E-state index contributed by atoms with van der Waals surface area (Å²) >= 11 is 0. The number of rotatable bonds is 2. The summed E-state index contributed by atoms with van der Waals surface area (Å²) < 4.78 is 8.25. The maximum Gasteiger partial charge on any atom is 0.228 e. The zero-order valence-electron chi connectivity index (χ0n) is 19.6. The molecule has 6 heteroatoms. The van der Waals surface area contributed by atoms with Crippen LogP contribution in [0.2, 0.25) is 0 Å². The average molecular weight is 478 g/mol. The molecule has 0 aliphatic carbocycles. The second kappa shape index (κ2) is 7.70. The lowest BCUT2D eigenvalue weighted by atomic mass is 9.83. The molecule has 0 radical (unpaired) electrons. The minimum Gasteiger partial charge on any atom is -0.438 e. The van der Waals surface area contributed by atoms with Gasteiger partial charge < -0.3 is 4.74 Å². The van der Waals surface area contributed by atoms with Crippen molar-refractivity contribution in [1.82, 2.24) is 24.6 Å². The molecule has 4 aromatic carbocycles. The van der Waals surface area contributed by atoms with Gasteiger partial charge in [0.15, 0.2) is 5.65 Å². The molecule has 0 bridgehead atoms. The molecule has 8 rings (SSSR count). The van der Waals surface area contributed by atoms with Gasteiger partial charge in [0.25, 0.3) is 0 Å².